The van der Waals surface area contributed by atoms with Gasteiger partial charge in [0.05, 0.1) is 5.56 Å². The van der Waals surface area contributed by atoms with Gasteiger partial charge in [-0.3, -0.25) is 9.59 Å². The van der Waals surface area contributed by atoms with Gasteiger partial charge in [-0.1, -0.05) is 24.3 Å². The van der Waals surface area contributed by atoms with Crippen molar-refractivity contribution in [2.24, 2.45) is 5.92 Å². The lowest BCUT2D eigenvalue weighted by Crippen LogP contribution is -2.16. The number of nitrogens with one attached hydrogen (secondary N) is 1. The summed E-state index contributed by atoms with van der Waals surface area (Å²) in [4.78, 5) is 34.2. The molecule has 0 saturated heterocycles. The van der Waals surface area contributed by atoms with Gasteiger partial charge in [0, 0.05) is 37.6 Å². The summed E-state index contributed by atoms with van der Waals surface area (Å²) in [6, 6.07) is 10.4. The van der Waals surface area contributed by atoms with Gasteiger partial charge in [0.25, 0.3) is 0 Å². The number of alkyl halides is 3. The van der Waals surface area contributed by atoms with E-state index >= 15 is 0 Å². The van der Waals surface area contributed by atoms with Gasteiger partial charge in [-0.2, -0.15) is 13.2 Å². The number of anilines is 3. The van der Waals surface area contributed by atoms with E-state index in [1.807, 2.05) is 0 Å². The second kappa shape index (κ2) is 9.81. The molecule has 35 heavy (non-hydrogen) atoms. The largest absolute Gasteiger partial charge is 0.416 e. The van der Waals surface area contributed by atoms with Crippen LogP contribution in [0.25, 0.3) is 0 Å². The van der Waals surface area contributed by atoms with E-state index in [9.17, 15) is 27.2 Å². The number of amides is 1. The first-order valence-corrected chi connectivity index (χ1v) is 10.9. The number of aromatic nitrogens is 2. The Hall–Kier alpha value is -3.82. The Bertz CT molecular complexity index is 1260. The minimum Gasteiger partial charge on any atom is -0.329 e. The molecule has 0 aliphatic heterocycles. The molecule has 3 aromatic rings. The predicted octanol–water partition coefficient (Wildman–Crippen LogP) is 5.11. The molecular formula is C25H22F4N4O2. The van der Waals surface area contributed by atoms with Crippen molar-refractivity contribution in [1.82, 2.24) is 9.97 Å². The zero-order valence-corrected chi connectivity index (χ0v) is 18.8. The van der Waals surface area contributed by atoms with Crippen molar-refractivity contribution in [2.45, 2.75) is 31.9 Å². The van der Waals surface area contributed by atoms with Crippen LogP contribution in [-0.4, -0.2) is 28.7 Å². The molecule has 2 aromatic carbocycles. The average Bonchev–Trinajstić information content (AvgIpc) is 3.65. The van der Waals surface area contributed by atoms with Crippen molar-refractivity contribution in [1.29, 1.82) is 0 Å². The van der Waals surface area contributed by atoms with Gasteiger partial charge in [0.2, 0.25) is 5.91 Å². The summed E-state index contributed by atoms with van der Waals surface area (Å²) in [5.74, 6) is -0.333. The van der Waals surface area contributed by atoms with E-state index in [0.29, 0.717) is 17.3 Å². The standard InChI is InChI=1S/C25H22F4N4O2/c1-33(23-13-22(30-14-31-23)32-24(35)16-5-6-16)19-8-7-17(21(26)12-19)11-20(34)10-15-3-2-4-18(9-15)25(27,28)29/h2-4,7-9,12-14,16H,5-6,10-11H2,1H3,(H,30,31,32,35). The second-order valence-corrected chi connectivity index (χ2v) is 8.45. The van der Waals surface area contributed by atoms with Gasteiger partial charge in [-0.05, 0) is 42.2 Å². The molecule has 4 rings (SSSR count). The van der Waals surface area contributed by atoms with Crippen LogP contribution in [-0.2, 0) is 28.6 Å². The molecule has 1 heterocycles. The van der Waals surface area contributed by atoms with Crippen LogP contribution in [0.1, 0.15) is 29.5 Å². The second-order valence-electron chi connectivity index (χ2n) is 8.45. The smallest absolute Gasteiger partial charge is 0.329 e. The maximum Gasteiger partial charge on any atom is 0.416 e. The van der Waals surface area contributed by atoms with Crippen LogP contribution >= 0.6 is 0 Å². The van der Waals surface area contributed by atoms with Crippen molar-refractivity contribution in [3.05, 3.63) is 77.4 Å². The molecule has 1 saturated carbocycles. The van der Waals surface area contributed by atoms with Crippen LogP contribution in [0, 0.1) is 11.7 Å². The van der Waals surface area contributed by atoms with Crippen LogP contribution in [0.3, 0.4) is 0 Å². The molecule has 182 valence electrons. The third-order valence-corrected chi connectivity index (χ3v) is 5.66. The van der Waals surface area contributed by atoms with Crippen molar-refractivity contribution in [3.63, 3.8) is 0 Å². The Kier molecular flexibility index (Phi) is 6.81. The molecule has 1 N–H and O–H groups in total. The van der Waals surface area contributed by atoms with E-state index in [0.717, 1.165) is 25.0 Å². The molecule has 1 aromatic heterocycles. The topological polar surface area (TPSA) is 75.2 Å². The number of nitrogens with zero attached hydrogens (tertiary/aromatic N) is 3. The van der Waals surface area contributed by atoms with Crippen LogP contribution in [0.15, 0.2) is 54.9 Å². The SMILES string of the molecule is CN(c1ccc(CC(=O)Cc2cccc(C(F)(F)F)c2)c(F)c1)c1cc(NC(=O)C2CC2)ncn1. The Morgan fingerprint density at radius 3 is 2.51 bits per heavy atom. The van der Waals surface area contributed by atoms with E-state index in [1.165, 1.54) is 30.6 Å². The Balaban J connectivity index is 1.42. The van der Waals surface area contributed by atoms with Gasteiger partial charge < -0.3 is 10.2 Å². The van der Waals surface area contributed by atoms with E-state index < -0.39 is 23.3 Å². The molecule has 6 nitrogen and oxygen atoms in total. The van der Waals surface area contributed by atoms with Crippen LogP contribution in [0.2, 0.25) is 0 Å². The number of hydrogen-bond donors (Lipinski definition) is 1. The lowest BCUT2D eigenvalue weighted by Gasteiger charge is -2.19. The summed E-state index contributed by atoms with van der Waals surface area (Å²) in [6.07, 6.45) is -1.97. The zero-order valence-electron chi connectivity index (χ0n) is 18.8. The minimum absolute atomic E-state index is 0.0177. The van der Waals surface area contributed by atoms with Gasteiger partial charge >= 0.3 is 6.18 Å². The lowest BCUT2D eigenvalue weighted by molar-refractivity contribution is -0.137. The van der Waals surface area contributed by atoms with Crippen LogP contribution < -0.4 is 10.2 Å². The van der Waals surface area contributed by atoms with Crippen molar-refractivity contribution in [3.8, 4) is 0 Å². The normalized spacial score (nSPS) is 13.4. The fourth-order valence-electron chi connectivity index (χ4n) is 3.55. The summed E-state index contributed by atoms with van der Waals surface area (Å²) in [6.45, 7) is 0. The number of ketones is 1. The van der Waals surface area contributed by atoms with Crippen LogP contribution in [0.5, 0.6) is 0 Å². The van der Waals surface area contributed by atoms with Crippen LogP contribution in [0.4, 0.5) is 34.9 Å². The third kappa shape index (κ3) is 6.20. The molecule has 0 atom stereocenters. The summed E-state index contributed by atoms with van der Waals surface area (Å²) in [5.41, 5.74) is -0.0229. The molecule has 0 unspecified atom stereocenters. The molecule has 1 aliphatic rings. The zero-order chi connectivity index (χ0) is 25.2. The highest BCUT2D eigenvalue weighted by Gasteiger charge is 2.31. The summed E-state index contributed by atoms with van der Waals surface area (Å²) < 4.78 is 53.4. The molecule has 1 fully saturated rings. The highest BCUT2D eigenvalue weighted by Crippen LogP contribution is 2.31. The Morgan fingerprint density at radius 2 is 1.83 bits per heavy atom. The fraction of sp³-hybridized carbons (Fsp3) is 0.280. The van der Waals surface area contributed by atoms with Gasteiger partial charge in [-0.15, -0.1) is 0 Å². The number of hydrogen-bond acceptors (Lipinski definition) is 5. The predicted molar refractivity (Wildman–Crippen MR) is 122 cm³/mol. The lowest BCUT2D eigenvalue weighted by atomic mass is 10.0. The first-order valence-electron chi connectivity index (χ1n) is 10.9. The van der Waals surface area contributed by atoms with E-state index in [-0.39, 0.29) is 35.8 Å². The first kappa shape index (κ1) is 24.3. The molecular weight excluding hydrogens is 464 g/mol. The Labute approximate surface area is 199 Å². The van der Waals surface area contributed by atoms with Gasteiger partial charge in [0.1, 0.15) is 29.6 Å². The molecule has 10 heteroatoms. The quantitative estimate of drug-likeness (QED) is 0.448. The number of benzene rings is 2. The maximum absolute atomic E-state index is 14.8. The minimum atomic E-state index is -4.50. The summed E-state index contributed by atoms with van der Waals surface area (Å²) in [5, 5.41) is 2.73. The molecule has 1 amide bonds. The van der Waals surface area contributed by atoms with Crippen molar-refractivity contribution < 1.29 is 27.2 Å². The highest BCUT2D eigenvalue weighted by atomic mass is 19.4. The summed E-state index contributed by atoms with van der Waals surface area (Å²) in [7, 11) is 1.67. The fourth-order valence-corrected chi connectivity index (χ4v) is 3.55. The monoisotopic (exact) mass is 486 g/mol. The third-order valence-electron chi connectivity index (χ3n) is 5.66. The van der Waals surface area contributed by atoms with E-state index in [2.05, 4.69) is 15.3 Å². The van der Waals surface area contributed by atoms with Crippen molar-refractivity contribution in [2.75, 3.05) is 17.3 Å². The maximum atomic E-state index is 14.8. The average molecular weight is 486 g/mol. The molecule has 0 radical (unpaired) electrons. The first-order chi connectivity index (χ1) is 16.6. The number of halogens is 4. The van der Waals surface area contributed by atoms with Gasteiger partial charge in [0.15, 0.2) is 0 Å². The number of rotatable bonds is 8. The molecule has 1 aliphatic carbocycles. The number of carbonyl (C=O) groups excluding carboxylic acids is 2. The van der Waals surface area contributed by atoms with Crippen molar-refractivity contribution >= 4 is 29.0 Å². The number of carbonyl (C=O) groups is 2. The number of Topliss-reactive ketones (excluding diaryl/α,β-unsaturated/α-hetero) is 1. The van der Waals surface area contributed by atoms with E-state index in [1.54, 1.807) is 24.1 Å². The summed E-state index contributed by atoms with van der Waals surface area (Å²) >= 11 is 0. The Morgan fingerprint density at radius 1 is 1.06 bits per heavy atom. The molecule has 0 bridgehead atoms. The van der Waals surface area contributed by atoms with Gasteiger partial charge in [-0.25, -0.2) is 14.4 Å². The van der Waals surface area contributed by atoms with E-state index in [4.69, 9.17) is 0 Å². The molecule has 0 spiro atoms. The highest BCUT2D eigenvalue weighted by molar-refractivity contribution is 5.93.